The number of carbonyl (C=O) groups is 3. The number of carbonyl (C=O) groups excluding carboxylic acids is 3. The van der Waals surface area contributed by atoms with Crippen LogP contribution in [0.1, 0.15) is 38.7 Å². The summed E-state index contributed by atoms with van der Waals surface area (Å²) in [4.78, 5) is 38.0. The van der Waals surface area contributed by atoms with Gasteiger partial charge in [0, 0.05) is 12.5 Å². The molecule has 1 N–H and O–H groups in total. The maximum atomic E-state index is 12.4. The van der Waals surface area contributed by atoms with Crippen LogP contribution in [-0.2, 0) is 25.7 Å². The number of rotatable bonds is 7. The van der Waals surface area contributed by atoms with E-state index in [0.29, 0.717) is 13.0 Å². The highest BCUT2D eigenvalue weighted by Gasteiger charge is 2.35. The third-order valence-electron chi connectivity index (χ3n) is 4.54. The fourth-order valence-corrected chi connectivity index (χ4v) is 2.76. The first kappa shape index (κ1) is 19.0. The van der Waals surface area contributed by atoms with Gasteiger partial charge in [-0.05, 0) is 24.8 Å². The highest BCUT2D eigenvalue weighted by molar-refractivity contribution is 5.89. The van der Waals surface area contributed by atoms with Crippen LogP contribution in [0.15, 0.2) is 30.3 Å². The van der Waals surface area contributed by atoms with Crippen molar-refractivity contribution in [1.82, 2.24) is 10.2 Å². The van der Waals surface area contributed by atoms with E-state index in [-0.39, 0.29) is 36.9 Å². The molecule has 1 aromatic carbocycles. The summed E-state index contributed by atoms with van der Waals surface area (Å²) in [6, 6.07) is 8.88. The summed E-state index contributed by atoms with van der Waals surface area (Å²) >= 11 is 0. The first-order valence-electron chi connectivity index (χ1n) is 8.80. The van der Waals surface area contributed by atoms with Crippen molar-refractivity contribution in [3.05, 3.63) is 35.9 Å². The first-order valence-corrected chi connectivity index (χ1v) is 8.80. The average molecular weight is 346 g/mol. The summed E-state index contributed by atoms with van der Waals surface area (Å²) in [6.45, 7) is 4.38. The van der Waals surface area contributed by atoms with E-state index in [9.17, 15) is 14.4 Å². The van der Waals surface area contributed by atoms with Gasteiger partial charge in [0.05, 0.1) is 6.54 Å². The van der Waals surface area contributed by atoms with Crippen molar-refractivity contribution in [2.45, 2.75) is 45.8 Å². The number of benzene rings is 1. The second kappa shape index (κ2) is 9.20. The Kier molecular flexibility index (Phi) is 6.98. The second-order valence-electron chi connectivity index (χ2n) is 6.37. The highest BCUT2D eigenvalue weighted by atomic mass is 16.5. The Hall–Kier alpha value is -2.37. The molecule has 2 rings (SSSR count). The van der Waals surface area contributed by atoms with Crippen molar-refractivity contribution in [3.8, 4) is 0 Å². The van der Waals surface area contributed by atoms with Crippen LogP contribution >= 0.6 is 0 Å². The standard InChI is InChI=1S/C19H26N2O4/c1-3-14(2)18(23)20-12-17(22)21-11-7-10-16(21)19(24)25-13-15-8-5-4-6-9-15/h4-6,8-9,14,16H,3,7,10-13H2,1-2H3,(H,20,23)/t14-,16-/m1/s1. The van der Waals surface area contributed by atoms with Crippen molar-refractivity contribution in [3.63, 3.8) is 0 Å². The minimum absolute atomic E-state index is 0.0777. The molecule has 1 fully saturated rings. The van der Waals surface area contributed by atoms with Crippen LogP contribution in [0.3, 0.4) is 0 Å². The molecule has 25 heavy (non-hydrogen) atoms. The fraction of sp³-hybridized carbons (Fsp3) is 0.526. The van der Waals surface area contributed by atoms with Gasteiger partial charge in [0.25, 0.3) is 0 Å². The Balaban J connectivity index is 1.84. The van der Waals surface area contributed by atoms with E-state index in [1.807, 2.05) is 44.2 Å². The van der Waals surface area contributed by atoms with Crippen LogP contribution in [0.5, 0.6) is 0 Å². The maximum Gasteiger partial charge on any atom is 0.329 e. The van der Waals surface area contributed by atoms with Crippen molar-refractivity contribution < 1.29 is 19.1 Å². The van der Waals surface area contributed by atoms with Gasteiger partial charge in [-0.2, -0.15) is 0 Å². The quantitative estimate of drug-likeness (QED) is 0.765. The van der Waals surface area contributed by atoms with Crippen LogP contribution in [0.25, 0.3) is 0 Å². The molecule has 0 aromatic heterocycles. The molecule has 6 heteroatoms. The predicted octanol–water partition coefficient (Wildman–Crippen LogP) is 1.88. The summed E-state index contributed by atoms with van der Waals surface area (Å²) in [5.74, 6) is -0.893. The molecule has 0 aliphatic carbocycles. The Morgan fingerprint density at radius 1 is 1.28 bits per heavy atom. The van der Waals surface area contributed by atoms with Gasteiger partial charge in [-0.1, -0.05) is 44.2 Å². The summed E-state index contributed by atoms with van der Waals surface area (Å²) in [5, 5.41) is 2.65. The molecule has 0 unspecified atom stereocenters. The summed E-state index contributed by atoms with van der Waals surface area (Å²) in [6.07, 6.45) is 2.08. The molecule has 6 nitrogen and oxygen atoms in total. The molecule has 136 valence electrons. The zero-order chi connectivity index (χ0) is 18.2. The number of ether oxygens (including phenoxy) is 1. The van der Waals surface area contributed by atoms with Crippen molar-refractivity contribution in [2.75, 3.05) is 13.1 Å². The van der Waals surface area contributed by atoms with E-state index in [2.05, 4.69) is 5.32 Å². The van der Waals surface area contributed by atoms with Gasteiger partial charge < -0.3 is 15.0 Å². The van der Waals surface area contributed by atoms with E-state index in [1.165, 1.54) is 4.90 Å². The number of esters is 1. The van der Waals surface area contributed by atoms with Crippen molar-refractivity contribution in [1.29, 1.82) is 0 Å². The number of likely N-dealkylation sites (tertiary alicyclic amines) is 1. The predicted molar refractivity (Wildman–Crippen MR) is 93.4 cm³/mol. The lowest BCUT2D eigenvalue weighted by atomic mass is 10.1. The van der Waals surface area contributed by atoms with E-state index in [0.717, 1.165) is 18.4 Å². The van der Waals surface area contributed by atoms with Gasteiger partial charge in [-0.25, -0.2) is 4.79 Å². The molecule has 0 radical (unpaired) electrons. The lowest BCUT2D eigenvalue weighted by Crippen LogP contribution is -2.46. The molecular formula is C19H26N2O4. The minimum Gasteiger partial charge on any atom is -0.459 e. The van der Waals surface area contributed by atoms with Gasteiger partial charge in [-0.3, -0.25) is 9.59 Å². The molecule has 1 aliphatic rings. The van der Waals surface area contributed by atoms with Crippen LogP contribution in [-0.4, -0.2) is 41.8 Å². The molecule has 1 heterocycles. The normalized spacial score (nSPS) is 17.8. The lowest BCUT2D eigenvalue weighted by molar-refractivity contribution is -0.154. The Morgan fingerprint density at radius 3 is 2.68 bits per heavy atom. The molecular weight excluding hydrogens is 320 g/mol. The number of nitrogens with zero attached hydrogens (tertiary/aromatic N) is 1. The van der Waals surface area contributed by atoms with Crippen LogP contribution in [0, 0.1) is 5.92 Å². The van der Waals surface area contributed by atoms with Gasteiger partial charge in [-0.15, -0.1) is 0 Å². The smallest absolute Gasteiger partial charge is 0.329 e. The zero-order valence-electron chi connectivity index (χ0n) is 14.9. The zero-order valence-corrected chi connectivity index (χ0v) is 14.9. The summed E-state index contributed by atoms with van der Waals surface area (Å²) < 4.78 is 5.35. The van der Waals surface area contributed by atoms with Crippen molar-refractivity contribution in [2.24, 2.45) is 5.92 Å². The summed E-state index contributed by atoms with van der Waals surface area (Å²) in [7, 11) is 0. The van der Waals surface area contributed by atoms with Crippen LogP contribution in [0.2, 0.25) is 0 Å². The van der Waals surface area contributed by atoms with Gasteiger partial charge >= 0.3 is 5.97 Å². The molecule has 1 saturated heterocycles. The molecule has 0 saturated carbocycles. The molecule has 2 amide bonds. The molecule has 0 spiro atoms. The number of hydrogen-bond acceptors (Lipinski definition) is 4. The highest BCUT2D eigenvalue weighted by Crippen LogP contribution is 2.19. The SMILES string of the molecule is CC[C@@H](C)C(=O)NCC(=O)N1CCC[C@@H]1C(=O)OCc1ccccc1. The van der Waals surface area contributed by atoms with E-state index >= 15 is 0 Å². The Labute approximate surface area is 148 Å². The van der Waals surface area contributed by atoms with Gasteiger partial charge in [0.1, 0.15) is 12.6 Å². The number of nitrogens with one attached hydrogen (secondary N) is 1. The molecule has 1 aliphatic heterocycles. The number of amides is 2. The largest absolute Gasteiger partial charge is 0.459 e. The second-order valence-corrected chi connectivity index (χ2v) is 6.37. The van der Waals surface area contributed by atoms with E-state index < -0.39 is 6.04 Å². The minimum atomic E-state index is -0.559. The van der Waals surface area contributed by atoms with E-state index in [1.54, 1.807) is 0 Å². The van der Waals surface area contributed by atoms with Gasteiger partial charge in [0.2, 0.25) is 11.8 Å². The molecule has 1 aromatic rings. The first-order chi connectivity index (χ1) is 12.0. The Morgan fingerprint density at radius 2 is 2.00 bits per heavy atom. The maximum absolute atomic E-state index is 12.4. The third kappa shape index (κ3) is 5.31. The Bertz CT molecular complexity index is 603. The van der Waals surface area contributed by atoms with E-state index in [4.69, 9.17) is 4.74 Å². The lowest BCUT2D eigenvalue weighted by Gasteiger charge is -2.23. The van der Waals surface area contributed by atoms with Crippen molar-refractivity contribution >= 4 is 17.8 Å². The van der Waals surface area contributed by atoms with Crippen LogP contribution in [0.4, 0.5) is 0 Å². The topological polar surface area (TPSA) is 75.7 Å². The average Bonchev–Trinajstić information content (AvgIpc) is 3.14. The molecule has 2 atom stereocenters. The van der Waals surface area contributed by atoms with Gasteiger partial charge in [0.15, 0.2) is 0 Å². The van der Waals surface area contributed by atoms with Crippen LogP contribution < -0.4 is 5.32 Å². The summed E-state index contributed by atoms with van der Waals surface area (Å²) in [5.41, 5.74) is 0.910. The number of hydrogen-bond donors (Lipinski definition) is 1. The third-order valence-corrected chi connectivity index (χ3v) is 4.54. The monoisotopic (exact) mass is 346 g/mol. The molecule has 0 bridgehead atoms. The fourth-order valence-electron chi connectivity index (χ4n) is 2.76.